The Morgan fingerprint density at radius 1 is 1.09 bits per heavy atom. The van der Waals surface area contributed by atoms with Gasteiger partial charge < -0.3 is 15.5 Å². The van der Waals surface area contributed by atoms with Crippen molar-refractivity contribution in [2.45, 2.75) is 18.9 Å². The molecule has 1 aromatic rings. The van der Waals surface area contributed by atoms with Crippen LogP contribution in [0.1, 0.15) is 12.8 Å². The third-order valence-electron chi connectivity index (χ3n) is 4.98. The molecule has 0 spiro atoms. The Morgan fingerprint density at radius 3 is 2.41 bits per heavy atom. The van der Waals surface area contributed by atoms with Gasteiger partial charge in [0.25, 0.3) is 0 Å². The summed E-state index contributed by atoms with van der Waals surface area (Å²) in [6.45, 7) is 14.2. The molecule has 0 aromatic heterocycles. The topological polar surface area (TPSA) is 40.1 Å². The molecule has 3 rings (SSSR count). The predicted octanol–water partition coefficient (Wildman–Crippen LogP) is 2.04. The van der Waals surface area contributed by atoms with E-state index in [1.807, 2.05) is 12.1 Å². The first-order chi connectivity index (χ1) is 10.7. The number of nitrogen functional groups attached to an aromatic ring is 1. The van der Waals surface area contributed by atoms with Crippen LogP contribution < -0.4 is 10.6 Å². The molecule has 5 nitrogen and oxygen atoms in total. The number of benzene rings is 1. The van der Waals surface area contributed by atoms with Crippen molar-refractivity contribution in [3.05, 3.63) is 29.6 Å². The third-order valence-corrected chi connectivity index (χ3v) is 4.98. The SMILES string of the molecule is [C-]#[N+]c1cc(N)ccc1N1CCC(N2CCN(C)CC2)CC1. The summed E-state index contributed by atoms with van der Waals surface area (Å²) in [4.78, 5) is 11.0. The Bertz CT molecular complexity index is 549. The zero-order valence-corrected chi connectivity index (χ0v) is 13.3. The number of rotatable bonds is 2. The quantitative estimate of drug-likeness (QED) is 0.670. The van der Waals surface area contributed by atoms with Crippen LogP contribution in [0.5, 0.6) is 0 Å². The molecular formula is C17H25N5. The lowest BCUT2D eigenvalue weighted by atomic mass is 10.0. The van der Waals surface area contributed by atoms with Gasteiger partial charge in [0.15, 0.2) is 0 Å². The van der Waals surface area contributed by atoms with E-state index in [9.17, 15) is 0 Å². The van der Waals surface area contributed by atoms with Gasteiger partial charge >= 0.3 is 0 Å². The molecule has 22 heavy (non-hydrogen) atoms. The largest absolute Gasteiger partial charge is 0.400 e. The van der Waals surface area contributed by atoms with Crippen LogP contribution in [-0.2, 0) is 0 Å². The molecule has 0 aliphatic carbocycles. The summed E-state index contributed by atoms with van der Waals surface area (Å²) in [6, 6.07) is 6.39. The summed E-state index contributed by atoms with van der Waals surface area (Å²) >= 11 is 0. The summed E-state index contributed by atoms with van der Waals surface area (Å²) in [7, 11) is 2.20. The highest BCUT2D eigenvalue weighted by molar-refractivity contribution is 5.75. The normalized spacial score (nSPS) is 21.7. The summed E-state index contributed by atoms with van der Waals surface area (Å²) < 4.78 is 0. The molecule has 0 unspecified atom stereocenters. The van der Waals surface area contributed by atoms with Gasteiger partial charge in [-0.3, -0.25) is 4.90 Å². The fourth-order valence-electron chi connectivity index (χ4n) is 3.56. The van der Waals surface area contributed by atoms with Gasteiger partial charge in [0, 0.05) is 56.7 Å². The molecule has 2 aliphatic heterocycles. The molecule has 118 valence electrons. The second-order valence-corrected chi connectivity index (χ2v) is 6.42. The van der Waals surface area contributed by atoms with Crippen LogP contribution in [0.3, 0.4) is 0 Å². The van der Waals surface area contributed by atoms with Crippen molar-refractivity contribution in [3.8, 4) is 0 Å². The van der Waals surface area contributed by atoms with Crippen LogP contribution >= 0.6 is 0 Å². The highest BCUT2D eigenvalue weighted by Crippen LogP contribution is 2.33. The van der Waals surface area contributed by atoms with Gasteiger partial charge in [-0.25, -0.2) is 4.85 Å². The lowest BCUT2D eigenvalue weighted by molar-refractivity contribution is 0.0982. The van der Waals surface area contributed by atoms with Gasteiger partial charge in [0.05, 0.1) is 6.57 Å². The van der Waals surface area contributed by atoms with Gasteiger partial charge in [-0.15, -0.1) is 0 Å². The number of nitrogens with zero attached hydrogens (tertiary/aromatic N) is 4. The minimum atomic E-state index is 0.669. The predicted molar refractivity (Wildman–Crippen MR) is 91.4 cm³/mol. The number of piperazine rings is 1. The van der Waals surface area contributed by atoms with E-state index in [0.29, 0.717) is 17.4 Å². The smallest absolute Gasteiger partial charge is 0.211 e. The third kappa shape index (κ3) is 3.18. The number of nitrogens with two attached hydrogens (primary N) is 1. The van der Waals surface area contributed by atoms with E-state index in [0.717, 1.165) is 18.8 Å². The van der Waals surface area contributed by atoms with Crippen molar-refractivity contribution in [2.24, 2.45) is 0 Å². The molecule has 2 aliphatic rings. The van der Waals surface area contributed by atoms with Gasteiger partial charge in [0.2, 0.25) is 5.69 Å². The molecule has 2 saturated heterocycles. The molecular weight excluding hydrogens is 274 g/mol. The first kappa shape index (κ1) is 15.1. The van der Waals surface area contributed by atoms with E-state index in [2.05, 4.69) is 26.6 Å². The maximum Gasteiger partial charge on any atom is 0.211 e. The highest BCUT2D eigenvalue weighted by atomic mass is 15.3. The maximum absolute atomic E-state index is 7.35. The molecule has 2 heterocycles. The lowest BCUT2D eigenvalue weighted by Crippen LogP contribution is -2.52. The monoisotopic (exact) mass is 299 g/mol. The van der Waals surface area contributed by atoms with E-state index in [1.165, 1.54) is 39.0 Å². The van der Waals surface area contributed by atoms with Crippen LogP contribution in [0, 0.1) is 6.57 Å². The molecule has 0 saturated carbocycles. The number of anilines is 2. The van der Waals surface area contributed by atoms with Crippen LogP contribution in [0.15, 0.2) is 18.2 Å². The van der Waals surface area contributed by atoms with E-state index in [-0.39, 0.29) is 0 Å². The van der Waals surface area contributed by atoms with Crippen molar-refractivity contribution in [3.63, 3.8) is 0 Å². The van der Waals surface area contributed by atoms with Crippen molar-refractivity contribution in [1.29, 1.82) is 0 Å². The molecule has 0 radical (unpaired) electrons. The zero-order chi connectivity index (χ0) is 15.5. The number of hydrogen-bond acceptors (Lipinski definition) is 4. The molecule has 0 bridgehead atoms. The Balaban J connectivity index is 1.61. The minimum Gasteiger partial charge on any atom is -0.400 e. The number of hydrogen-bond donors (Lipinski definition) is 1. The number of likely N-dealkylation sites (N-methyl/N-ethyl adjacent to an activating group) is 1. The summed E-state index contributed by atoms with van der Waals surface area (Å²) in [5, 5.41) is 0. The van der Waals surface area contributed by atoms with E-state index in [4.69, 9.17) is 12.3 Å². The van der Waals surface area contributed by atoms with E-state index < -0.39 is 0 Å². The van der Waals surface area contributed by atoms with Gasteiger partial charge in [-0.05, 0) is 38.1 Å². The zero-order valence-electron chi connectivity index (χ0n) is 13.3. The maximum atomic E-state index is 7.35. The first-order valence-electron chi connectivity index (χ1n) is 8.12. The Hall–Kier alpha value is -1.77. The van der Waals surface area contributed by atoms with Gasteiger partial charge in [-0.1, -0.05) is 0 Å². The molecule has 2 N–H and O–H groups in total. The highest BCUT2D eigenvalue weighted by Gasteiger charge is 2.27. The van der Waals surface area contributed by atoms with Crippen LogP contribution in [0.25, 0.3) is 4.85 Å². The molecule has 0 amide bonds. The average molecular weight is 299 g/mol. The fraction of sp³-hybridized carbons (Fsp3) is 0.588. The van der Waals surface area contributed by atoms with Crippen molar-refractivity contribution >= 4 is 17.1 Å². The van der Waals surface area contributed by atoms with E-state index >= 15 is 0 Å². The van der Waals surface area contributed by atoms with Crippen LogP contribution in [-0.4, -0.2) is 62.2 Å². The Kier molecular flexibility index (Phi) is 4.51. The van der Waals surface area contributed by atoms with Crippen molar-refractivity contribution in [1.82, 2.24) is 9.80 Å². The lowest BCUT2D eigenvalue weighted by Gasteiger charge is -2.42. The van der Waals surface area contributed by atoms with E-state index in [1.54, 1.807) is 6.07 Å². The summed E-state index contributed by atoms with van der Waals surface area (Å²) in [5.74, 6) is 0. The van der Waals surface area contributed by atoms with Gasteiger partial charge in [-0.2, -0.15) is 0 Å². The second kappa shape index (κ2) is 6.55. The molecule has 5 heteroatoms. The Morgan fingerprint density at radius 2 is 1.77 bits per heavy atom. The Labute approximate surface area is 133 Å². The standard InChI is InChI=1S/C17H25N5/c1-19-16-13-14(18)3-4-17(16)22-7-5-15(6-8-22)21-11-9-20(2)10-12-21/h3-4,13,15H,5-12,18H2,2H3. The van der Waals surface area contributed by atoms with Crippen LogP contribution in [0.2, 0.25) is 0 Å². The number of piperidine rings is 1. The second-order valence-electron chi connectivity index (χ2n) is 6.42. The molecule has 1 aromatic carbocycles. The first-order valence-corrected chi connectivity index (χ1v) is 8.12. The van der Waals surface area contributed by atoms with Gasteiger partial charge in [0.1, 0.15) is 0 Å². The van der Waals surface area contributed by atoms with Crippen molar-refractivity contribution in [2.75, 3.05) is 56.9 Å². The molecule has 0 atom stereocenters. The molecule has 2 fully saturated rings. The fourth-order valence-corrected chi connectivity index (χ4v) is 3.56. The summed E-state index contributed by atoms with van der Waals surface area (Å²) in [6.07, 6.45) is 2.37. The summed E-state index contributed by atoms with van der Waals surface area (Å²) in [5.41, 5.74) is 8.18. The minimum absolute atomic E-state index is 0.669. The van der Waals surface area contributed by atoms with Crippen molar-refractivity contribution < 1.29 is 0 Å². The van der Waals surface area contributed by atoms with Crippen LogP contribution in [0.4, 0.5) is 17.1 Å². The average Bonchev–Trinajstić information content (AvgIpc) is 2.56.